The third-order valence-electron chi connectivity index (χ3n) is 3.24. The van der Waals surface area contributed by atoms with E-state index < -0.39 is 0 Å². The molecule has 0 saturated carbocycles. The average Bonchev–Trinajstić information content (AvgIpc) is 2.76. The van der Waals surface area contributed by atoms with Crippen molar-refractivity contribution < 1.29 is 4.42 Å². The molecular weight excluding hydrogens is 334 g/mol. The molecule has 21 heavy (non-hydrogen) atoms. The van der Waals surface area contributed by atoms with Crippen LogP contribution in [-0.2, 0) is 0 Å². The fourth-order valence-corrected chi connectivity index (χ4v) is 2.65. The molecule has 0 spiro atoms. The standard InChI is InChI=1S/C14H14BrN5O/c1-7-9-5-3-4-6-10(9)21-11(7)8(2)17-14-19-12(15)18-13(16)20-14/h3-6,8H,1-2H3,(H3,16,17,18,19,20). The van der Waals surface area contributed by atoms with Crippen molar-refractivity contribution in [3.8, 4) is 0 Å². The molecule has 0 bridgehead atoms. The minimum atomic E-state index is -0.0916. The molecule has 3 N–H and O–H groups in total. The second kappa shape index (κ2) is 5.33. The van der Waals surface area contributed by atoms with Crippen LogP contribution in [-0.4, -0.2) is 15.0 Å². The van der Waals surface area contributed by atoms with Gasteiger partial charge in [0.15, 0.2) is 0 Å². The van der Waals surface area contributed by atoms with E-state index in [-0.39, 0.29) is 12.0 Å². The Morgan fingerprint density at radius 2 is 2.00 bits per heavy atom. The number of hydrogen-bond donors (Lipinski definition) is 2. The van der Waals surface area contributed by atoms with Gasteiger partial charge in [0, 0.05) is 10.9 Å². The summed E-state index contributed by atoms with van der Waals surface area (Å²) in [5.74, 6) is 1.42. The molecule has 7 heteroatoms. The van der Waals surface area contributed by atoms with E-state index in [9.17, 15) is 0 Å². The number of hydrogen-bond acceptors (Lipinski definition) is 6. The third-order valence-corrected chi connectivity index (χ3v) is 3.60. The quantitative estimate of drug-likeness (QED) is 0.754. The lowest BCUT2D eigenvalue weighted by Crippen LogP contribution is -2.11. The first-order valence-corrected chi connectivity index (χ1v) is 7.25. The first-order chi connectivity index (χ1) is 10.0. The molecule has 0 amide bonds. The number of aromatic nitrogens is 3. The summed E-state index contributed by atoms with van der Waals surface area (Å²) >= 11 is 3.20. The molecule has 0 aliphatic heterocycles. The van der Waals surface area contributed by atoms with Crippen LogP contribution >= 0.6 is 15.9 Å². The molecule has 1 atom stereocenters. The number of halogens is 1. The SMILES string of the molecule is Cc1c(C(C)Nc2nc(N)nc(Br)n2)oc2ccccc12. The van der Waals surface area contributed by atoms with Crippen molar-refractivity contribution >= 4 is 38.8 Å². The number of nitrogens with one attached hydrogen (secondary N) is 1. The van der Waals surface area contributed by atoms with Gasteiger partial charge in [0.25, 0.3) is 0 Å². The lowest BCUT2D eigenvalue weighted by atomic mass is 10.1. The smallest absolute Gasteiger partial charge is 0.229 e. The van der Waals surface area contributed by atoms with Gasteiger partial charge >= 0.3 is 0 Å². The van der Waals surface area contributed by atoms with Crippen molar-refractivity contribution in [2.45, 2.75) is 19.9 Å². The molecule has 3 rings (SSSR count). The van der Waals surface area contributed by atoms with Crippen LogP contribution in [0.5, 0.6) is 0 Å². The van der Waals surface area contributed by atoms with Gasteiger partial charge in [-0.15, -0.1) is 0 Å². The van der Waals surface area contributed by atoms with Crippen molar-refractivity contribution in [1.29, 1.82) is 0 Å². The Morgan fingerprint density at radius 3 is 2.71 bits per heavy atom. The van der Waals surface area contributed by atoms with Gasteiger partial charge in [-0.25, -0.2) is 0 Å². The topological polar surface area (TPSA) is 89.9 Å². The summed E-state index contributed by atoms with van der Waals surface area (Å²) in [7, 11) is 0. The van der Waals surface area contributed by atoms with Gasteiger partial charge in [0.05, 0.1) is 6.04 Å². The number of rotatable bonds is 3. The average molecular weight is 348 g/mol. The molecule has 2 aromatic heterocycles. The number of nitrogens with two attached hydrogens (primary N) is 1. The van der Waals surface area contributed by atoms with Crippen molar-refractivity contribution in [2.24, 2.45) is 0 Å². The van der Waals surface area contributed by atoms with Crippen molar-refractivity contribution in [3.05, 3.63) is 40.3 Å². The summed E-state index contributed by atoms with van der Waals surface area (Å²) < 4.78 is 6.31. The van der Waals surface area contributed by atoms with Crippen LogP contribution in [0.2, 0.25) is 0 Å². The molecule has 0 aliphatic rings. The lowest BCUT2D eigenvalue weighted by Gasteiger charge is -2.12. The van der Waals surface area contributed by atoms with E-state index in [1.807, 2.05) is 38.1 Å². The van der Waals surface area contributed by atoms with Gasteiger partial charge in [-0.1, -0.05) is 18.2 Å². The maximum Gasteiger partial charge on any atom is 0.229 e. The molecule has 6 nitrogen and oxygen atoms in total. The van der Waals surface area contributed by atoms with Gasteiger partial charge in [-0.3, -0.25) is 0 Å². The second-order valence-corrected chi connectivity index (χ2v) is 5.45. The van der Waals surface area contributed by atoms with Gasteiger partial charge in [0.2, 0.25) is 16.6 Å². The van der Waals surface area contributed by atoms with E-state index in [1.54, 1.807) is 0 Å². The van der Waals surface area contributed by atoms with Gasteiger partial charge in [-0.2, -0.15) is 15.0 Å². The highest BCUT2D eigenvalue weighted by molar-refractivity contribution is 9.10. The Bertz CT molecular complexity index is 781. The zero-order chi connectivity index (χ0) is 15.0. The van der Waals surface area contributed by atoms with Crippen LogP contribution in [0.3, 0.4) is 0 Å². The zero-order valence-electron chi connectivity index (χ0n) is 11.6. The van der Waals surface area contributed by atoms with Crippen LogP contribution in [0, 0.1) is 6.92 Å². The molecule has 0 aliphatic carbocycles. The monoisotopic (exact) mass is 347 g/mol. The largest absolute Gasteiger partial charge is 0.459 e. The normalized spacial score (nSPS) is 12.5. The summed E-state index contributed by atoms with van der Waals surface area (Å²) in [5.41, 5.74) is 7.58. The van der Waals surface area contributed by atoms with E-state index in [0.717, 1.165) is 22.3 Å². The fraction of sp³-hybridized carbons (Fsp3) is 0.214. The summed E-state index contributed by atoms with van der Waals surface area (Å²) in [6.07, 6.45) is 0. The van der Waals surface area contributed by atoms with Gasteiger partial charge in [-0.05, 0) is 35.8 Å². The predicted molar refractivity (Wildman–Crippen MR) is 84.9 cm³/mol. The molecule has 1 unspecified atom stereocenters. The maximum atomic E-state index is 5.92. The molecule has 0 radical (unpaired) electrons. The Hall–Kier alpha value is -2.15. The summed E-state index contributed by atoms with van der Waals surface area (Å²) in [6.45, 7) is 4.02. The third kappa shape index (κ3) is 2.69. The van der Waals surface area contributed by atoms with Crippen LogP contribution in [0.25, 0.3) is 11.0 Å². The molecule has 3 aromatic rings. The molecule has 0 fully saturated rings. The van der Waals surface area contributed by atoms with Crippen LogP contribution in [0.15, 0.2) is 33.4 Å². The number of nitrogen functional groups attached to an aromatic ring is 1. The van der Waals surface area contributed by atoms with Gasteiger partial charge < -0.3 is 15.5 Å². The van der Waals surface area contributed by atoms with E-state index in [1.165, 1.54) is 0 Å². The highest BCUT2D eigenvalue weighted by Crippen LogP contribution is 2.30. The van der Waals surface area contributed by atoms with Crippen LogP contribution in [0.1, 0.15) is 24.3 Å². The number of fused-ring (bicyclic) bond motifs is 1. The van der Waals surface area contributed by atoms with E-state index in [0.29, 0.717) is 10.7 Å². The lowest BCUT2D eigenvalue weighted by molar-refractivity contribution is 0.521. The highest BCUT2D eigenvalue weighted by Gasteiger charge is 2.17. The highest BCUT2D eigenvalue weighted by atomic mass is 79.9. The predicted octanol–water partition coefficient (Wildman–Crippen LogP) is 3.44. The van der Waals surface area contributed by atoms with Crippen molar-refractivity contribution in [2.75, 3.05) is 11.1 Å². The van der Waals surface area contributed by atoms with E-state index in [2.05, 4.69) is 36.2 Å². The molecule has 0 saturated heterocycles. The van der Waals surface area contributed by atoms with Gasteiger partial charge in [0.1, 0.15) is 11.3 Å². The number of para-hydroxylation sites is 1. The van der Waals surface area contributed by atoms with Crippen LogP contribution in [0.4, 0.5) is 11.9 Å². The summed E-state index contributed by atoms with van der Waals surface area (Å²) in [6, 6.07) is 7.86. The number of benzene rings is 1. The number of nitrogens with zero attached hydrogens (tertiary/aromatic N) is 3. The Kier molecular flexibility index (Phi) is 3.50. The van der Waals surface area contributed by atoms with Crippen molar-refractivity contribution in [3.63, 3.8) is 0 Å². The summed E-state index contributed by atoms with van der Waals surface area (Å²) in [5, 5.41) is 4.28. The fourth-order valence-electron chi connectivity index (χ4n) is 2.30. The number of furan rings is 1. The first kappa shape index (κ1) is 13.8. The van der Waals surface area contributed by atoms with E-state index in [4.69, 9.17) is 10.2 Å². The Labute approximate surface area is 129 Å². The Morgan fingerprint density at radius 1 is 1.24 bits per heavy atom. The molecule has 108 valence electrons. The molecular formula is C14H14BrN5O. The van der Waals surface area contributed by atoms with E-state index >= 15 is 0 Å². The van der Waals surface area contributed by atoms with Crippen molar-refractivity contribution in [1.82, 2.24) is 15.0 Å². The molecule has 1 aromatic carbocycles. The maximum absolute atomic E-state index is 5.92. The van der Waals surface area contributed by atoms with Crippen LogP contribution < -0.4 is 11.1 Å². The summed E-state index contributed by atoms with van der Waals surface area (Å²) in [4.78, 5) is 12.1. The molecule has 2 heterocycles. The first-order valence-electron chi connectivity index (χ1n) is 6.46. The zero-order valence-corrected chi connectivity index (χ0v) is 13.2. The number of aryl methyl sites for hydroxylation is 1. The second-order valence-electron chi connectivity index (χ2n) is 4.74. The minimum absolute atomic E-state index is 0.0916. The number of anilines is 2. The Balaban J connectivity index is 1.93. The minimum Gasteiger partial charge on any atom is -0.459 e.